The first-order chi connectivity index (χ1) is 6.54. The van der Waals surface area contributed by atoms with Crippen LogP contribution in [0.25, 0.3) is 0 Å². The van der Waals surface area contributed by atoms with Gasteiger partial charge in [0.25, 0.3) is 10.2 Å². The first kappa shape index (κ1) is 11.1. The average Bonchev–Trinajstić information content (AvgIpc) is 2.14. The lowest BCUT2D eigenvalue weighted by molar-refractivity contribution is 0.420. The molecule has 14 heavy (non-hydrogen) atoms. The van der Waals surface area contributed by atoms with Gasteiger partial charge in [0.15, 0.2) is 0 Å². The molecule has 0 aromatic carbocycles. The highest BCUT2D eigenvalue weighted by Crippen LogP contribution is 2.02. The van der Waals surface area contributed by atoms with Gasteiger partial charge in [-0.3, -0.25) is 4.98 Å². The molecule has 1 heterocycles. The SMILES string of the molecule is CCN(Cc1ccccn1)S(N)(=O)=O. The van der Waals surface area contributed by atoms with Crippen LogP contribution in [0.4, 0.5) is 0 Å². The second-order valence-corrected chi connectivity index (χ2v) is 4.34. The van der Waals surface area contributed by atoms with Crippen LogP contribution in [0, 0.1) is 0 Å². The van der Waals surface area contributed by atoms with Gasteiger partial charge in [-0.1, -0.05) is 13.0 Å². The average molecular weight is 215 g/mol. The van der Waals surface area contributed by atoms with Crippen LogP contribution in [0.5, 0.6) is 0 Å². The lowest BCUT2D eigenvalue weighted by atomic mass is 10.3. The highest BCUT2D eigenvalue weighted by atomic mass is 32.2. The molecule has 0 fully saturated rings. The summed E-state index contributed by atoms with van der Waals surface area (Å²) in [4.78, 5) is 4.02. The van der Waals surface area contributed by atoms with Crippen LogP contribution in [0.1, 0.15) is 12.6 Å². The quantitative estimate of drug-likeness (QED) is 0.774. The molecule has 5 nitrogen and oxygen atoms in total. The van der Waals surface area contributed by atoms with Crippen molar-refractivity contribution in [3.8, 4) is 0 Å². The molecular formula is C8H13N3O2S. The Morgan fingerprint density at radius 1 is 1.50 bits per heavy atom. The number of hydrogen-bond acceptors (Lipinski definition) is 3. The van der Waals surface area contributed by atoms with Gasteiger partial charge in [0.1, 0.15) is 0 Å². The summed E-state index contributed by atoms with van der Waals surface area (Å²) in [6, 6.07) is 5.34. The lowest BCUT2D eigenvalue weighted by Gasteiger charge is -2.16. The molecule has 0 bridgehead atoms. The fourth-order valence-electron chi connectivity index (χ4n) is 1.05. The number of nitrogens with zero attached hydrogens (tertiary/aromatic N) is 2. The zero-order valence-electron chi connectivity index (χ0n) is 7.92. The second kappa shape index (κ2) is 4.50. The van der Waals surface area contributed by atoms with Crippen molar-refractivity contribution in [1.29, 1.82) is 0 Å². The molecule has 0 saturated carbocycles. The highest BCUT2D eigenvalue weighted by Gasteiger charge is 2.15. The predicted molar refractivity (Wildman–Crippen MR) is 53.4 cm³/mol. The van der Waals surface area contributed by atoms with Gasteiger partial charge in [0, 0.05) is 12.7 Å². The van der Waals surface area contributed by atoms with Crippen molar-refractivity contribution in [2.45, 2.75) is 13.5 Å². The van der Waals surface area contributed by atoms with Gasteiger partial charge in [-0.15, -0.1) is 0 Å². The summed E-state index contributed by atoms with van der Waals surface area (Å²) in [5.41, 5.74) is 0.684. The van der Waals surface area contributed by atoms with Gasteiger partial charge >= 0.3 is 0 Å². The molecule has 0 radical (unpaired) electrons. The first-order valence-electron chi connectivity index (χ1n) is 4.22. The molecule has 0 aliphatic heterocycles. The van der Waals surface area contributed by atoms with Crippen molar-refractivity contribution >= 4 is 10.2 Å². The van der Waals surface area contributed by atoms with Crippen LogP contribution >= 0.6 is 0 Å². The molecule has 0 aliphatic carbocycles. The summed E-state index contributed by atoms with van der Waals surface area (Å²) < 4.78 is 23.2. The molecule has 0 aliphatic rings. The number of hydrogen-bond donors (Lipinski definition) is 1. The number of rotatable bonds is 4. The van der Waals surface area contributed by atoms with Gasteiger partial charge in [-0.2, -0.15) is 12.7 Å². The molecule has 0 saturated heterocycles. The molecular weight excluding hydrogens is 202 g/mol. The zero-order chi connectivity index (χ0) is 10.6. The maximum Gasteiger partial charge on any atom is 0.277 e. The zero-order valence-corrected chi connectivity index (χ0v) is 8.74. The third kappa shape index (κ3) is 3.06. The molecule has 1 aromatic heterocycles. The Morgan fingerprint density at radius 2 is 2.21 bits per heavy atom. The minimum absolute atomic E-state index is 0.218. The minimum atomic E-state index is -3.62. The Labute approximate surface area is 83.7 Å². The minimum Gasteiger partial charge on any atom is -0.260 e. The van der Waals surface area contributed by atoms with Gasteiger partial charge in [-0.05, 0) is 12.1 Å². The van der Waals surface area contributed by atoms with E-state index in [2.05, 4.69) is 4.98 Å². The third-order valence-electron chi connectivity index (χ3n) is 1.78. The van der Waals surface area contributed by atoms with E-state index >= 15 is 0 Å². The van der Waals surface area contributed by atoms with E-state index < -0.39 is 10.2 Å². The van der Waals surface area contributed by atoms with Crippen LogP contribution in [0.2, 0.25) is 0 Å². The van der Waals surface area contributed by atoms with Crippen LogP contribution in [0.15, 0.2) is 24.4 Å². The molecule has 0 spiro atoms. The number of aromatic nitrogens is 1. The molecule has 0 atom stereocenters. The van der Waals surface area contributed by atoms with E-state index in [9.17, 15) is 8.42 Å². The molecule has 1 rings (SSSR count). The molecule has 78 valence electrons. The largest absolute Gasteiger partial charge is 0.277 e. The van der Waals surface area contributed by atoms with E-state index in [4.69, 9.17) is 5.14 Å². The smallest absolute Gasteiger partial charge is 0.260 e. The van der Waals surface area contributed by atoms with Crippen molar-refractivity contribution in [2.24, 2.45) is 5.14 Å². The monoisotopic (exact) mass is 215 g/mol. The fraction of sp³-hybridized carbons (Fsp3) is 0.375. The molecule has 0 unspecified atom stereocenters. The molecule has 6 heteroatoms. The Kier molecular flexibility index (Phi) is 3.56. The summed E-state index contributed by atoms with van der Waals surface area (Å²) >= 11 is 0. The van der Waals surface area contributed by atoms with Gasteiger partial charge < -0.3 is 0 Å². The van der Waals surface area contributed by atoms with Crippen LogP contribution in [-0.4, -0.2) is 24.3 Å². The summed E-state index contributed by atoms with van der Waals surface area (Å²) in [5, 5.41) is 5.01. The van der Waals surface area contributed by atoms with Crippen molar-refractivity contribution in [3.63, 3.8) is 0 Å². The van der Waals surface area contributed by atoms with E-state index in [1.807, 2.05) is 0 Å². The molecule has 2 N–H and O–H groups in total. The predicted octanol–water partition coefficient (Wildman–Crippen LogP) is 0.107. The third-order valence-corrected chi connectivity index (χ3v) is 2.88. The van der Waals surface area contributed by atoms with Crippen molar-refractivity contribution in [3.05, 3.63) is 30.1 Å². The van der Waals surface area contributed by atoms with E-state index in [-0.39, 0.29) is 6.54 Å². The van der Waals surface area contributed by atoms with Gasteiger partial charge in [0.2, 0.25) is 0 Å². The summed E-state index contributed by atoms with van der Waals surface area (Å²) in [5.74, 6) is 0. The maximum atomic E-state index is 11.0. The first-order valence-corrected chi connectivity index (χ1v) is 5.72. The van der Waals surface area contributed by atoms with E-state index in [1.165, 1.54) is 0 Å². The Hall–Kier alpha value is -0.980. The second-order valence-electron chi connectivity index (χ2n) is 2.79. The van der Waals surface area contributed by atoms with Crippen molar-refractivity contribution in [2.75, 3.05) is 6.54 Å². The molecule has 1 aromatic rings. The summed E-state index contributed by atoms with van der Waals surface area (Å²) in [7, 11) is -3.62. The van der Waals surface area contributed by atoms with Crippen molar-refractivity contribution < 1.29 is 8.42 Å². The van der Waals surface area contributed by atoms with E-state index in [0.29, 0.717) is 12.2 Å². The van der Waals surface area contributed by atoms with Gasteiger partial charge in [0.05, 0.1) is 12.2 Å². The van der Waals surface area contributed by atoms with E-state index in [1.54, 1.807) is 31.3 Å². The highest BCUT2D eigenvalue weighted by molar-refractivity contribution is 7.86. The van der Waals surface area contributed by atoms with Crippen LogP contribution in [-0.2, 0) is 16.8 Å². The topological polar surface area (TPSA) is 76.3 Å². The summed E-state index contributed by atoms with van der Waals surface area (Å²) in [6.07, 6.45) is 1.62. The standard InChI is InChI=1S/C8H13N3O2S/c1-2-11(14(9,12)13)7-8-5-3-4-6-10-8/h3-6H,2,7H2,1H3,(H2,9,12,13). The number of nitrogens with two attached hydrogens (primary N) is 1. The Morgan fingerprint density at radius 3 is 2.64 bits per heavy atom. The van der Waals surface area contributed by atoms with E-state index in [0.717, 1.165) is 4.31 Å². The summed E-state index contributed by atoms with van der Waals surface area (Å²) in [6.45, 7) is 2.29. The van der Waals surface area contributed by atoms with Crippen LogP contribution in [0.3, 0.4) is 0 Å². The normalized spacial score (nSPS) is 11.9. The number of pyridine rings is 1. The maximum absolute atomic E-state index is 11.0. The Balaban J connectivity index is 2.77. The fourth-order valence-corrected chi connectivity index (χ4v) is 1.73. The van der Waals surface area contributed by atoms with Gasteiger partial charge in [-0.25, -0.2) is 5.14 Å². The van der Waals surface area contributed by atoms with Crippen LogP contribution < -0.4 is 5.14 Å². The molecule has 0 amide bonds. The lowest BCUT2D eigenvalue weighted by Crippen LogP contribution is -2.36. The Bertz CT molecular complexity index is 377. The van der Waals surface area contributed by atoms with Crippen molar-refractivity contribution in [1.82, 2.24) is 9.29 Å².